The van der Waals surface area contributed by atoms with Crippen molar-refractivity contribution in [2.75, 3.05) is 6.54 Å². The van der Waals surface area contributed by atoms with E-state index in [1.54, 1.807) is 0 Å². The summed E-state index contributed by atoms with van der Waals surface area (Å²) in [4.78, 5) is 18.4. The van der Waals surface area contributed by atoms with Crippen LogP contribution in [0, 0.1) is 6.92 Å². The molecular formula is C13H18N6O. The molecule has 3 rings (SSSR count). The molecule has 0 aliphatic carbocycles. The van der Waals surface area contributed by atoms with Gasteiger partial charge in [0, 0.05) is 31.4 Å². The molecule has 7 heteroatoms. The number of nitrogens with one attached hydrogen (secondary N) is 1. The molecule has 0 saturated carbocycles. The molecule has 3 heterocycles. The van der Waals surface area contributed by atoms with E-state index in [2.05, 4.69) is 20.3 Å². The molecule has 0 bridgehead atoms. The maximum atomic E-state index is 12.4. The molecule has 106 valence electrons. The van der Waals surface area contributed by atoms with Crippen LogP contribution in [-0.4, -0.2) is 42.3 Å². The van der Waals surface area contributed by atoms with E-state index in [9.17, 15) is 4.79 Å². The van der Waals surface area contributed by atoms with Crippen LogP contribution in [0.1, 0.15) is 29.3 Å². The SMILES string of the molecule is Cc1nc(CC(=O)N2CCCc3c(cnn3C)C2)n[nH]1. The van der Waals surface area contributed by atoms with Crippen LogP contribution in [0.15, 0.2) is 6.20 Å². The van der Waals surface area contributed by atoms with Crippen molar-refractivity contribution >= 4 is 5.91 Å². The molecule has 1 aliphatic heterocycles. The molecule has 1 N–H and O–H groups in total. The zero-order valence-electron chi connectivity index (χ0n) is 11.8. The summed E-state index contributed by atoms with van der Waals surface area (Å²) in [6.45, 7) is 3.23. The minimum atomic E-state index is 0.0701. The number of hydrogen-bond donors (Lipinski definition) is 1. The topological polar surface area (TPSA) is 79.7 Å². The Morgan fingerprint density at radius 2 is 2.35 bits per heavy atom. The average Bonchev–Trinajstić information content (AvgIpc) is 2.89. The number of aryl methyl sites for hydroxylation is 2. The fourth-order valence-corrected chi connectivity index (χ4v) is 2.61. The van der Waals surface area contributed by atoms with Gasteiger partial charge < -0.3 is 4.90 Å². The van der Waals surface area contributed by atoms with Crippen molar-refractivity contribution in [1.29, 1.82) is 0 Å². The second-order valence-electron chi connectivity index (χ2n) is 5.17. The summed E-state index contributed by atoms with van der Waals surface area (Å²) in [6, 6.07) is 0. The highest BCUT2D eigenvalue weighted by molar-refractivity contribution is 5.78. The van der Waals surface area contributed by atoms with Crippen molar-refractivity contribution in [3.63, 3.8) is 0 Å². The maximum Gasteiger partial charge on any atom is 0.230 e. The highest BCUT2D eigenvalue weighted by Gasteiger charge is 2.22. The molecular weight excluding hydrogens is 256 g/mol. The van der Waals surface area contributed by atoms with Gasteiger partial charge in [-0.15, -0.1) is 0 Å². The van der Waals surface area contributed by atoms with Gasteiger partial charge in [-0.2, -0.15) is 10.2 Å². The average molecular weight is 274 g/mol. The molecule has 0 radical (unpaired) electrons. The quantitative estimate of drug-likeness (QED) is 0.857. The van der Waals surface area contributed by atoms with Gasteiger partial charge in [0.1, 0.15) is 5.82 Å². The number of hydrogen-bond acceptors (Lipinski definition) is 4. The molecule has 0 aromatic carbocycles. The molecule has 0 spiro atoms. The molecule has 0 unspecified atom stereocenters. The van der Waals surface area contributed by atoms with Gasteiger partial charge in [0.25, 0.3) is 0 Å². The van der Waals surface area contributed by atoms with Gasteiger partial charge in [-0.25, -0.2) is 4.98 Å². The van der Waals surface area contributed by atoms with Crippen LogP contribution in [0.3, 0.4) is 0 Å². The van der Waals surface area contributed by atoms with E-state index in [-0.39, 0.29) is 12.3 Å². The van der Waals surface area contributed by atoms with Crippen LogP contribution in [0.5, 0.6) is 0 Å². The van der Waals surface area contributed by atoms with Gasteiger partial charge in [-0.1, -0.05) is 0 Å². The number of amides is 1. The zero-order chi connectivity index (χ0) is 14.1. The third-order valence-electron chi connectivity index (χ3n) is 3.66. The predicted molar refractivity (Wildman–Crippen MR) is 71.8 cm³/mol. The molecule has 2 aromatic heterocycles. The summed E-state index contributed by atoms with van der Waals surface area (Å²) in [7, 11) is 1.95. The smallest absolute Gasteiger partial charge is 0.230 e. The lowest BCUT2D eigenvalue weighted by Crippen LogP contribution is -2.32. The Balaban J connectivity index is 1.72. The molecule has 2 aromatic rings. The fraction of sp³-hybridized carbons (Fsp3) is 0.538. The number of nitrogens with zero attached hydrogens (tertiary/aromatic N) is 5. The number of carbonyl (C=O) groups excluding carboxylic acids is 1. The van der Waals surface area contributed by atoms with Crippen LogP contribution in [-0.2, 0) is 31.2 Å². The number of aromatic nitrogens is 5. The Hall–Kier alpha value is -2.18. The van der Waals surface area contributed by atoms with E-state index in [4.69, 9.17) is 0 Å². The van der Waals surface area contributed by atoms with E-state index < -0.39 is 0 Å². The van der Waals surface area contributed by atoms with Crippen LogP contribution < -0.4 is 0 Å². The molecule has 0 atom stereocenters. The zero-order valence-corrected chi connectivity index (χ0v) is 11.8. The predicted octanol–water partition coefficient (Wildman–Crippen LogP) is 0.364. The summed E-state index contributed by atoms with van der Waals surface area (Å²) in [5, 5.41) is 11.1. The first-order valence-electron chi connectivity index (χ1n) is 6.79. The number of rotatable bonds is 2. The third kappa shape index (κ3) is 2.43. The normalized spacial score (nSPS) is 15.0. The van der Waals surface area contributed by atoms with Crippen LogP contribution in [0.4, 0.5) is 0 Å². The molecule has 0 saturated heterocycles. The second-order valence-corrected chi connectivity index (χ2v) is 5.17. The minimum absolute atomic E-state index is 0.0701. The molecule has 0 fully saturated rings. The van der Waals surface area contributed by atoms with E-state index >= 15 is 0 Å². The molecule has 1 amide bonds. The summed E-state index contributed by atoms with van der Waals surface area (Å²) in [6.07, 6.45) is 4.04. The van der Waals surface area contributed by atoms with Crippen molar-refractivity contribution in [2.24, 2.45) is 7.05 Å². The van der Waals surface area contributed by atoms with Gasteiger partial charge in [-0.05, 0) is 19.8 Å². The van der Waals surface area contributed by atoms with E-state index in [1.165, 1.54) is 5.69 Å². The van der Waals surface area contributed by atoms with Crippen LogP contribution in [0.25, 0.3) is 0 Å². The Bertz CT molecular complexity index is 629. The summed E-state index contributed by atoms with van der Waals surface area (Å²) < 4.78 is 1.90. The maximum absolute atomic E-state index is 12.4. The lowest BCUT2D eigenvalue weighted by atomic mass is 10.2. The van der Waals surface area contributed by atoms with Crippen molar-refractivity contribution in [3.8, 4) is 0 Å². The molecule has 7 nitrogen and oxygen atoms in total. The van der Waals surface area contributed by atoms with Gasteiger partial charge in [-0.3, -0.25) is 14.6 Å². The number of carbonyl (C=O) groups is 1. The fourth-order valence-electron chi connectivity index (χ4n) is 2.61. The lowest BCUT2D eigenvalue weighted by Gasteiger charge is -2.19. The second kappa shape index (κ2) is 5.07. The van der Waals surface area contributed by atoms with E-state index in [0.717, 1.165) is 30.8 Å². The molecule has 20 heavy (non-hydrogen) atoms. The van der Waals surface area contributed by atoms with E-state index in [1.807, 2.05) is 29.7 Å². The van der Waals surface area contributed by atoms with Crippen molar-refractivity contribution < 1.29 is 4.79 Å². The lowest BCUT2D eigenvalue weighted by molar-refractivity contribution is -0.131. The summed E-state index contributed by atoms with van der Waals surface area (Å²) >= 11 is 0. The number of H-pyrrole nitrogens is 1. The Kier molecular flexibility index (Phi) is 3.25. The first-order chi connectivity index (χ1) is 9.63. The third-order valence-corrected chi connectivity index (χ3v) is 3.66. The van der Waals surface area contributed by atoms with Crippen molar-refractivity contribution in [1.82, 2.24) is 29.9 Å². The summed E-state index contributed by atoms with van der Waals surface area (Å²) in [5.74, 6) is 1.36. The van der Waals surface area contributed by atoms with Gasteiger partial charge >= 0.3 is 0 Å². The monoisotopic (exact) mass is 274 g/mol. The number of aromatic amines is 1. The highest BCUT2D eigenvalue weighted by atomic mass is 16.2. The van der Waals surface area contributed by atoms with Crippen LogP contribution in [0.2, 0.25) is 0 Å². The van der Waals surface area contributed by atoms with Gasteiger partial charge in [0.2, 0.25) is 5.91 Å². The Morgan fingerprint density at radius 1 is 1.50 bits per heavy atom. The number of fused-ring (bicyclic) bond motifs is 1. The highest BCUT2D eigenvalue weighted by Crippen LogP contribution is 2.18. The summed E-state index contributed by atoms with van der Waals surface area (Å²) in [5.41, 5.74) is 2.37. The van der Waals surface area contributed by atoms with Crippen LogP contribution >= 0.6 is 0 Å². The molecule has 1 aliphatic rings. The van der Waals surface area contributed by atoms with Gasteiger partial charge in [0.05, 0.1) is 12.6 Å². The largest absolute Gasteiger partial charge is 0.338 e. The Labute approximate surface area is 117 Å². The standard InChI is InChI=1S/C13H18N6O/c1-9-15-12(17-16-9)6-13(20)19-5-3-4-11-10(8-19)7-14-18(11)2/h7H,3-6,8H2,1-2H3,(H,15,16,17). The first kappa shape index (κ1) is 12.8. The van der Waals surface area contributed by atoms with Crippen molar-refractivity contribution in [2.45, 2.75) is 32.7 Å². The van der Waals surface area contributed by atoms with Gasteiger partial charge in [0.15, 0.2) is 5.82 Å². The minimum Gasteiger partial charge on any atom is -0.338 e. The van der Waals surface area contributed by atoms with Crippen molar-refractivity contribution in [3.05, 3.63) is 29.1 Å². The first-order valence-corrected chi connectivity index (χ1v) is 6.79. The van der Waals surface area contributed by atoms with E-state index in [0.29, 0.717) is 12.4 Å². The Morgan fingerprint density at radius 3 is 3.10 bits per heavy atom.